The lowest BCUT2D eigenvalue weighted by atomic mass is 9.76. The van der Waals surface area contributed by atoms with Gasteiger partial charge in [-0.05, 0) is 52.4 Å². The Morgan fingerprint density at radius 3 is 2.43 bits per heavy atom. The number of likely N-dealkylation sites (tertiary alicyclic amines) is 1. The molecule has 0 atom stereocenters. The summed E-state index contributed by atoms with van der Waals surface area (Å²) in [5.74, 6) is -3.78. The number of carbonyl (C=O) groups is 1. The zero-order valence-electron chi connectivity index (χ0n) is 16.1. The van der Waals surface area contributed by atoms with Crippen LogP contribution in [-0.2, 0) is 6.42 Å². The van der Waals surface area contributed by atoms with E-state index in [0.717, 1.165) is 17.0 Å². The number of β-amino-alcohol motifs (C(OH)–C–C–N with tert-alkyl or cyclic N) is 1. The van der Waals surface area contributed by atoms with Gasteiger partial charge in [0.05, 0.1) is 13.1 Å². The smallest absolute Gasteiger partial charge is 0.254 e. The van der Waals surface area contributed by atoms with Crippen molar-refractivity contribution in [1.82, 2.24) is 4.90 Å². The third-order valence-corrected chi connectivity index (χ3v) is 6.27. The number of nitro groups is 1. The highest BCUT2D eigenvalue weighted by Gasteiger charge is 2.61. The van der Waals surface area contributed by atoms with E-state index >= 15 is 0 Å². The van der Waals surface area contributed by atoms with Crippen molar-refractivity contribution in [1.29, 1.82) is 0 Å². The van der Waals surface area contributed by atoms with E-state index in [4.69, 9.17) is 0 Å². The Morgan fingerprint density at radius 2 is 1.87 bits per heavy atom. The molecule has 1 aliphatic heterocycles. The summed E-state index contributed by atoms with van der Waals surface area (Å²) in [5.41, 5.74) is -3.88. The molecule has 1 saturated heterocycles. The number of carbonyl (C=O) groups excluding carboxylic acids is 1. The zero-order chi connectivity index (χ0) is 22.4. The van der Waals surface area contributed by atoms with E-state index in [-0.39, 0.29) is 36.2 Å². The first-order valence-corrected chi connectivity index (χ1v) is 10.0. The number of hydrogen-bond donors (Lipinski definition) is 1. The first kappa shape index (κ1) is 22.5. The monoisotopic (exact) mass is 534 g/mol. The Bertz CT molecular complexity index is 1040. The molecular weight excluding hydrogens is 516 g/mol. The molecule has 30 heavy (non-hydrogen) atoms. The molecule has 1 heterocycles. The van der Waals surface area contributed by atoms with Crippen LogP contribution in [0.25, 0.3) is 0 Å². The number of aliphatic hydroxyl groups is 1. The Kier molecular flexibility index (Phi) is 5.84. The van der Waals surface area contributed by atoms with E-state index in [9.17, 15) is 33.2 Å². The van der Waals surface area contributed by atoms with Crippen LogP contribution in [0.4, 0.5) is 13.2 Å². The first-order valence-electron chi connectivity index (χ1n) is 8.94. The maximum Gasteiger partial charge on any atom is 0.254 e. The molecular formula is C20H18F3IN2O4. The Hall–Kier alpha value is -2.21. The number of halogens is 4. The van der Waals surface area contributed by atoms with Crippen LogP contribution in [0.3, 0.4) is 0 Å². The van der Waals surface area contributed by atoms with E-state index in [1.807, 2.05) is 22.6 Å². The van der Waals surface area contributed by atoms with Crippen molar-refractivity contribution in [2.75, 3.05) is 13.1 Å². The van der Waals surface area contributed by atoms with Gasteiger partial charge in [-0.1, -0.05) is 6.07 Å². The summed E-state index contributed by atoms with van der Waals surface area (Å²) in [4.78, 5) is 24.6. The molecule has 0 aliphatic carbocycles. The molecule has 0 radical (unpaired) electrons. The van der Waals surface area contributed by atoms with Crippen LogP contribution in [0.1, 0.15) is 35.3 Å². The molecule has 6 nitrogen and oxygen atoms in total. The minimum absolute atomic E-state index is 0.0866. The number of hydrogen-bond acceptors (Lipinski definition) is 4. The van der Waals surface area contributed by atoms with Crippen LogP contribution in [0, 0.1) is 31.1 Å². The molecule has 0 aromatic heterocycles. The number of amides is 1. The van der Waals surface area contributed by atoms with Gasteiger partial charge >= 0.3 is 0 Å². The lowest BCUT2D eigenvalue weighted by Gasteiger charge is -2.50. The maximum atomic E-state index is 14.5. The summed E-state index contributed by atoms with van der Waals surface area (Å²) in [6.45, 7) is 1.82. The van der Waals surface area contributed by atoms with Crippen LogP contribution in [0.2, 0.25) is 0 Å². The van der Waals surface area contributed by atoms with Crippen LogP contribution in [-0.4, -0.2) is 45.1 Å². The standard InChI is InChI=1S/C20H18F3IN2O4/c1-19(2,26(29)30)20(28)9-25(10-20)18(27)13-5-6-15(21)17(23)14(13)7-11-3-4-12(24)8-16(11)22/h3-6,8,28H,7,9-10H2,1-2H3. The van der Waals surface area contributed by atoms with E-state index in [1.54, 1.807) is 6.07 Å². The summed E-state index contributed by atoms with van der Waals surface area (Å²) in [5, 5.41) is 21.7. The molecule has 1 fully saturated rings. The minimum Gasteiger partial charge on any atom is -0.379 e. The largest absolute Gasteiger partial charge is 0.379 e. The van der Waals surface area contributed by atoms with Crippen molar-refractivity contribution in [3.8, 4) is 0 Å². The average molecular weight is 534 g/mol. The fraction of sp³-hybridized carbons (Fsp3) is 0.350. The maximum absolute atomic E-state index is 14.5. The van der Waals surface area contributed by atoms with Crippen LogP contribution < -0.4 is 0 Å². The second kappa shape index (κ2) is 7.80. The van der Waals surface area contributed by atoms with Crippen LogP contribution in [0.5, 0.6) is 0 Å². The Morgan fingerprint density at radius 1 is 1.23 bits per heavy atom. The summed E-state index contributed by atoms with van der Waals surface area (Å²) in [7, 11) is 0. The molecule has 1 amide bonds. The summed E-state index contributed by atoms with van der Waals surface area (Å²) in [6.07, 6.45) is -0.355. The van der Waals surface area contributed by atoms with Crippen molar-refractivity contribution < 1.29 is 28.0 Å². The lowest BCUT2D eigenvalue weighted by Crippen LogP contribution is -2.74. The van der Waals surface area contributed by atoms with Crippen molar-refractivity contribution in [3.05, 3.63) is 78.2 Å². The molecule has 0 bridgehead atoms. The van der Waals surface area contributed by atoms with Gasteiger partial charge < -0.3 is 10.0 Å². The molecule has 160 valence electrons. The van der Waals surface area contributed by atoms with Gasteiger partial charge in [0.25, 0.3) is 5.91 Å². The zero-order valence-corrected chi connectivity index (χ0v) is 18.2. The Labute approximate surface area is 184 Å². The highest BCUT2D eigenvalue weighted by atomic mass is 127. The minimum atomic E-state index is -1.76. The van der Waals surface area contributed by atoms with Gasteiger partial charge in [-0.2, -0.15) is 0 Å². The fourth-order valence-corrected chi connectivity index (χ4v) is 3.73. The second-order valence-corrected chi connectivity index (χ2v) is 9.05. The van der Waals surface area contributed by atoms with Crippen molar-refractivity contribution >= 4 is 28.5 Å². The fourth-order valence-electron chi connectivity index (χ4n) is 3.28. The van der Waals surface area contributed by atoms with Gasteiger partial charge in [0.15, 0.2) is 17.2 Å². The summed E-state index contributed by atoms with van der Waals surface area (Å²) < 4.78 is 43.2. The van der Waals surface area contributed by atoms with Crippen LogP contribution in [0.15, 0.2) is 30.3 Å². The first-order chi connectivity index (χ1) is 13.9. The van der Waals surface area contributed by atoms with Gasteiger partial charge in [-0.25, -0.2) is 13.2 Å². The van der Waals surface area contributed by atoms with Crippen molar-refractivity contribution in [2.45, 2.75) is 31.4 Å². The predicted molar refractivity (Wildman–Crippen MR) is 110 cm³/mol. The molecule has 0 saturated carbocycles. The third kappa shape index (κ3) is 3.78. The number of benzene rings is 2. The number of nitrogens with zero attached hydrogens (tertiary/aromatic N) is 2. The molecule has 10 heteroatoms. The van der Waals surface area contributed by atoms with E-state index in [0.29, 0.717) is 3.57 Å². The second-order valence-electron chi connectivity index (χ2n) is 7.81. The van der Waals surface area contributed by atoms with Gasteiger partial charge in [0.2, 0.25) is 5.54 Å². The highest BCUT2D eigenvalue weighted by molar-refractivity contribution is 14.1. The van der Waals surface area contributed by atoms with E-state index in [1.165, 1.54) is 26.0 Å². The quantitative estimate of drug-likeness (QED) is 0.362. The Balaban J connectivity index is 1.91. The molecule has 1 aliphatic rings. The van der Waals surface area contributed by atoms with Crippen molar-refractivity contribution in [2.24, 2.45) is 0 Å². The molecule has 2 aromatic rings. The molecule has 0 spiro atoms. The molecule has 0 unspecified atom stereocenters. The van der Waals surface area contributed by atoms with E-state index in [2.05, 4.69) is 0 Å². The van der Waals surface area contributed by atoms with Gasteiger partial charge in [0.1, 0.15) is 5.82 Å². The summed E-state index contributed by atoms with van der Waals surface area (Å²) >= 11 is 1.91. The average Bonchev–Trinajstić information content (AvgIpc) is 2.64. The number of rotatable bonds is 5. The predicted octanol–water partition coefficient (Wildman–Crippen LogP) is 3.54. The molecule has 2 aromatic carbocycles. The van der Waals surface area contributed by atoms with Crippen molar-refractivity contribution in [3.63, 3.8) is 0 Å². The SMILES string of the molecule is CC(C)([N+](=O)[O-])C1(O)CN(C(=O)c2ccc(F)c(F)c2Cc2ccc(I)cc2F)C1. The highest BCUT2D eigenvalue weighted by Crippen LogP contribution is 2.35. The molecule has 3 rings (SSSR count). The normalized spacial score (nSPS) is 15.6. The topological polar surface area (TPSA) is 83.7 Å². The van der Waals surface area contributed by atoms with Gasteiger partial charge in [0, 0.05) is 39.9 Å². The molecule has 1 N–H and O–H groups in total. The third-order valence-electron chi connectivity index (χ3n) is 5.60. The van der Waals surface area contributed by atoms with Gasteiger partial charge in [-0.3, -0.25) is 14.9 Å². The lowest BCUT2D eigenvalue weighted by molar-refractivity contribution is -0.590. The summed E-state index contributed by atoms with van der Waals surface area (Å²) in [6, 6.07) is 6.16. The van der Waals surface area contributed by atoms with E-state index < -0.39 is 39.4 Å². The van der Waals surface area contributed by atoms with Crippen LogP contribution >= 0.6 is 22.6 Å². The van der Waals surface area contributed by atoms with Gasteiger partial charge in [-0.15, -0.1) is 0 Å².